The quantitative estimate of drug-likeness (QED) is 0.708. The Morgan fingerprint density at radius 2 is 2.08 bits per heavy atom. The molecule has 0 bridgehead atoms. The average Bonchev–Trinajstić information content (AvgIpc) is 3.04. The van der Waals surface area contributed by atoms with Crippen LogP contribution in [-0.2, 0) is 21.5 Å². The van der Waals surface area contributed by atoms with Gasteiger partial charge in [0.1, 0.15) is 11.3 Å². The Bertz CT molecular complexity index is 870. The molecule has 1 fully saturated rings. The number of carbonyl (C=O) groups excluding carboxylic acids is 3. The third-order valence-electron chi connectivity index (χ3n) is 4.55. The van der Waals surface area contributed by atoms with Gasteiger partial charge < -0.3 is 15.2 Å². The number of benzene rings is 1. The lowest BCUT2D eigenvalue weighted by atomic mass is 9.92. The van der Waals surface area contributed by atoms with E-state index in [4.69, 9.17) is 4.52 Å². The topological polar surface area (TPSA) is 113 Å². The van der Waals surface area contributed by atoms with Gasteiger partial charge in [-0.1, -0.05) is 17.3 Å². The zero-order valence-corrected chi connectivity index (χ0v) is 14.8. The predicted molar refractivity (Wildman–Crippen MR) is 93.4 cm³/mol. The number of aryl methyl sites for hydroxylation is 2. The molecule has 2 aromatic rings. The summed E-state index contributed by atoms with van der Waals surface area (Å²) in [5.41, 5.74) is 1.71. The molecule has 3 N–H and O–H groups in total. The van der Waals surface area contributed by atoms with Crippen molar-refractivity contribution in [3.05, 3.63) is 46.8 Å². The molecule has 1 saturated heterocycles. The first-order valence-electron chi connectivity index (χ1n) is 8.25. The summed E-state index contributed by atoms with van der Waals surface area (Å²) in [7, 11) is 0. The molecule has 1 unspecified atom stereocenters. The lowest BCUT2D eigenvalue weighted by Gasteiger charge is -2.21. The van der Waals surface area contributed by atoms with E-state index in [1.165, 1.54) is 0 Å². The molecule has 26 heavy (non-hydrogen) atoms. The molecule has 8 nitrogen and oxygen atoms in total. The van der Waals surface area contributed by atoms with Crippen molar-refractivity contribution in [1.29, 1.82) is 0 Å². The molecule has 0 radical (unpaired) electrons. The number of hydrogen-bond donors (Lipinski definition) is 3. The van der Waals surface area contributed by atoms with Crippen molar-refractivity contribution in [2.45, 2.75) is 39.2 Å². The summed E-state index contributed by atoms with van der Waals surface area (Å²) in [6, 6.07) is 6.33. The maximum Gasteiger partial charge on any atom is 0.322 e. The second-order valence-electron chi connectivity index (χ2n) is 6.46. The maximum absolute atomic E-state index is 12.2. The number of rotatable bonds is 5. The van der Waals surface area contributed by atoms with Crippen LogP contribution in [0.25, 0.3) is 0 Å². The third-order valence-corrected chi connectivity index (χ3v) is 4.55. The fraction of sp³-hybridized carbons (Fsp3) is 0.333. The molecule has 4 amide bonds. The summed E-state index contributed by atoms with van der Waals surface area (Å²) in [6.45, 7) is 5.28. The first-order chi connectivity index (χ1) is 12.3. The smallest absolute Gasteiger partial charge is 0.322 e. The van der Waals surface area contributed by atoms with Crippen LogP contribution in [0.15, 0.2) is 28.8 Å². The van der Waals surface area contributed by atoms with Gasteiger partial charge in [-0.25, -0.2) is 4.79 Å². The first-order valence-corrected chi connectivity index (χ1v) is 8.25. The number of nitrogens with one attached hydrogen (secondary N) is 3. The molecule has 0 saturated carbocycles. The molecule has 0 spiro atoms. The van der Waals surface area contributed by atoms with Crippen LogP contribution in [-0.4, -0.2) is 23.0 Å². The zero-order chi connectivity index (χ0) is 18.9. The molecule has 8 heteroatoms. The van der Waals surface area contributed by atoms with Gasteiger partial charge in [0, 0.05) is 17.7 Å². The average molecular weight is 356 g/mol. The maximum atomic E-state index is 12.2. The van der Waals surface area contributed by atoms with E-state index in [1.807, 2.05) is 13.8 Å². The van der Waals surface area contributed by atoms with Gasteiger partial charge >= 0.3 is 6.03 Å². The zero-order valence-electron chi connectivity index (χ0n) is 14.8. The molecular formula is C18H20N4O4. The van der Waals surface area contributed by atoms with Crippen LogP contribution >= 0.6 is 0 Å². The van der Waals surface area contributed by atoms with Gasteiger partial charge in [-0.05, 0) is 44.9 Å². The largest absolute Gasteiger partial charge is 0.361 e. The Hall–Kier alpha value is -3.16. The normalized spacial score (nSPS) is 19.2. The highest BCUT2D eigenvalue weighted by Gasteiger charge is 2.43. The summed E-state index contributed by atoms with van der Waals surface area (Å²) in [6.07, 6.45) is 0.810. The molecule has 1 atom stereocenters. The summed E-state index contributed by atoms with van der Waals surface area (Å²) in [4.78, 5) is 35.7. The number of anilines is 1. The Morgan fingerprint density at radius 3 is 2.69 bits per heavy atom. The van der Waals surface area contributed by atoms with Crippen molar-refractivity contribution in [3.8, 4) is 0 Å². The first kappa shape index (κ1) is 17.7. The van der Waals surface area contributed by atoms with Crippen molar-refractivity contribution in [2.24, 2.45) is 0 Å². The summed E-state index contributed by atoms with van der Waals surface area (Å²) in [5.74, 6) is 0.129. The van der Waals surface area contributed by atoms with E-state index in [9.17, 15) is 14.4 Å². The van der Waals surface area contributed by atoms with Crippen molar-refractivity contribution >= 4 is 23.5 Å². The molecule has 1 aliphatic rings. The fourth-order valence-electron chi connectivity index (χ4n) is 2.98. The van der Waals surface area contributed by atoms with Crippen molar-refractivity contribution < 1.29 is 18.9 Å². The van der Waals surface area contributed by atoms with Gasteiger partial charge in [0.25, 0.3) is 5.91 Å². The van der Waals surface area contributed by atoms with Gasteiger partial charge in [-0.15, -0.1) is 0 Å². The number of amides is 4. The van der Waals surface area contributed by atoms with E-state index in [0.29, 0.717) is 23.4 Å². The van der Waals surface area contributed by atoms with E-state index in [-0.39, 0.29) is 12.3 Å². The highest BCUT2D eigenvalue weighted by molar-refractivity contribution is 6.07. The van der Waals surface area contributed by atoms with Crippen LogP contribution < -0.4 is 16.0 Å². The molecule has 3 rings (SSSR count). The second-order valence-corrected chi connectivity index (χ2v) is 6.46. The van der Waals surface area contributed by atoms with Crippen LogP contribution in [0.4, 0.5) is 10.5 Å². The number of carbonyl (C=O) groups is 3. The monoisotopic (exact) mass is 356 g/mol. The number of imide groups is 1. The minimum atomic E-state index is -1.16. The summed E-state index contributed by atoms with van der Waals surface area (Å²) < 4.78 is 5.09. The van der Waals surface area contributed by atoms with Crippen molar-refractivity contribution in [1.82, 2.24) is 15.8 Å². The van der Waals surface area contributed by atoms with Crippen molar-refractivity contribution in [3.63, 3.8) is 0 Å². The van der Waals surface area contributed by atoms with Crippen LogP contribution in [0, 0.1) is 13.8 Å². The lowest BCUT2D eigenvalue weighted by Crippen LogP contribution is -2.40. The number of aromatic nitrogens is 1. The summed E-state index contributed by atoms with van der Waals surface area (Å²) in [5, 5.41) is 11.5. The Kier molecular flexibility index (Phi) is 4.50. The van der Waals surface area contributed by atoms with Gasteiger partial charge in [-0.2, -0.15) is 0 Å². The fourth-order valence-corrected chi connectivity index (χ4v) is 2.98. The van der Waals surface area contributed by atoms with Gasteiger partial charge in [0.15, 0.2) is 0 Å². The minimum absolute atomic E-state index is 0.160. The number of nitrogens with zero attached hydrogens (tertiary/aromatic N) is 1. The summed E-state index contributed by atoms with van der Waals surface area (Å²) >= 11 is 0. The van der Waals surface area contributed by atoms with Gasteiger partial charge in [-0.3, -0.25) is 14.9 Å². The molecule has 1 aliphatic heterocycles. The third kappa shape index (κ3) is 3.30. The Balaban J connectivity index is 1.68. The van der Waals surface area contributed by atoms with Crippen LogP contribution in [0.5, 0.6) is 0 Å². The van der Waals surface area contributed by atoms with E-state index >= 15 is 0 Å². The highest BCUT2D eigenvalue weighted by atomic mass is 16.5. The van der Waals surface area contributed by atoms with Crippen molar-refractivity contribution in [2.75, 3.05) is 5.32 Å². The second kappa shape index (κ2) is 6.62. The van der Waals surface area contributed by atoms with E-state index in [2.05, 4.69) is 21.1 Å². The van der Waals surface area contributed by atoms with Crippen LogP contribution in [0.3, 0.4) is 0 Å². The number of urea groups is 1. The van der Waals surface area contributed by atoms with Gasteiger partial charge in [0.2, 0.25) is 5.91 Å². The molecule has 136 valence electrons. The lowest BCUT2D eigenvalue weighted by molar-refractivity contribution is -0.123. The minimum Gasteiger partial charge on any atom is -0.361 e. The Morgan fingerprint density at radius 1 is 1.31 bits per heavy atom. The molecule has 1 aromatic carbocycles. The molecule has 0 aliphatic carbocycles. The van der Waals surface area contributed by atoms with Gasteiger partial charge in [0.05, 0.1) is 5.69 Å². The Labute approximate surface area is 150 Å². The molecule has 2 heterocycles. The standard InChI is InChI=1S/C18H20N4O4/c1-10-14(11(2)26-22-10)7-8-15(23)19-13-6-4-5-12(9-13)18(3)16(24)20-17(25)21-18/h4-6,9H,7-8H2,1-3H3,(H,19,23)(H2,20,21,24,25). The highest BCUT2D eigenvalue weighted by Crippen LogP contribution is 2.26. The van der Waals surface area contributed by atoms with E-state index in [1.54, 1.807) is 31.2 Å². The van der Waals surface area contributed by atoms with Crippen LogP contribution in [0.1, 0.15) is 35.9 Å². The number of hydrogen-bond acceptors (Lipinski definition) is 5. The molecule has 1 aromatic heterocycles. The molecular weight excluding hydrogens is 336 g/mol. The SMILES string of the molecule is Cc1noc(C)c1CCC(=O)Nc1cccc(C2(C)NC(=O)NC2=O)c1. The predicted octanol–water partition coefficient (Wildman–Crippen LogP) is 1.92. The van der Waals surface area contributed by atoms with Crippen LogP contribution in [0.2, 0.25) is 0 Å². The van der Waals surface area contributed by atoms with E-state index < -0.39 is 17.5 Å². The van der Waals surface area contributed by atoms with E-state index in [0.717, 1.165) is 11.3 Å².